The Morgan fingerprint density at radius 2 is 1.88 bits per heavy atom. The molecule has 0 saturated heterocycles. The van der Waals surface area contributed by atoms with Crippen molar-refractivity contribution in [3.63, 3.8) is 0 Å². The molecule has 0 bridgehead atoms. The van der Waals surface area contributed by atoms with E-state index < -0.39 is 26.5 Å². The number of nitrogens with one attached hydrogen (secondary N) is 1. The third-order valence-electron chi connectivity index (χ3n) is 3.48. The predicted octanol–water partition coefficient (Wildman–Crippen LogP) is 2.92. The summed E-state index contributed by atoms with van der Waals surface area (Å²) in [6.45, 7) is 10.7. The molecule has 7 nitrogen and oxygen atoms in total. The summed E-state index contributed by atoms with van der Waals surface area (Å²) in [6, 6.07) is 1.63. The Morgan fingerprint density at radius 3 is 2.42 bits per heavy atom. The van der Waals surface area contributed by atoms with Gasteiger partial charge in [0.1, 0.15) is 5.60 Å². The molecule has 0 unspecified atom stereocenters. The molecule has 0 atom stereocenters. The van der Waals surface area contributed by atoms with E-state index in [1.165, 1.54) is 10.5 Å². The summed E-state index contributed by atoms with van der Waals surface area (Å²) in [5, 5.41) is 2.59. The molecular weight excluding hydrogens is 330 g/mol. The third-order valence-corrected chi connectivity index (χ3v) is 5.98. The molecule has 24 heavy (non-hydrogen) atoms. The fourth-order valence-electron chi connectivity index (χ4n) is 2.29. The van der Waals surface area contributed by atoms with Crippen molar-refractivity contribution in [1.29, 1.82) is 0 Å². The lowest BCUT2D eigenvalue weighted by atomic mass is 10.2. The molecule has 2 heterocycles. The third kappa shape index (κ3) is 3.80. The van der Waals surface area contributed by atoms with Crippen LogP contribution >= 0.6 is 0 Å². The molecule has 1 aliphatic rings. The number of nitrogens with zero attached hydrogens (tertiary/aromatic N) is 2. The van der Waals surface area contributed by atoms with Crippen LogP contribution in [0.5, 0.6) is 0 Å². The van der Waals surface area contributed by atoms with Crippen LogP contribution in [0.3, 0.4) is 0 Å². The molecule has 1 aromatic heterocycles. The first-order valence-corrected chi connectivity index (χ1v) is 9.26. The highest BCUT2D eigenvalue weighted by molar-refractivity contribution is 7.94. The van der Waals surface area contributed by atoms with E-state index in [1.807, 2.05) is 0 Å². The van der Waals surface area contributed by atoms with Crippen molar-refractivity contribution in [3.05, 3.63) is 18.0 Å². The Kier molecular flexibility index (Phi) is 4.56. The van der Waals surface area contributed by atoms with Crippen LogP contribution in [0.4, 0.5) is 16.2 Å². The first-order valence-electron chi connectivity index (χ1n) is 7.82. The van der Waals surface area contributed by atoms with Gasteiger partial charge in [-0.15, -0.1) is 0 Å². The number of sulfonamides is 1. The minimum atomic E-state index is -3.51. The first-order chi connectivity index (χ1) is 10.8. The van der Waals surface area contributed by atoms with Crippen molar-refractivity contribution in [3.8, 4) is 0 Å². The number of pyridine rings is 1. The molecule has 8 heteroatoms. The average molecular weight is 355 g/mol. The Labute approximate surface area is 143 Å². The van der Waals surface area contributed by atoms with Gasteiger partial charge in [-0.2, -0.15) is 0 Å². The zero-order valence-corrected chi connectivity index (χ0v) is 15.8. The summed E-state index contributed by atoms with van der Waals surface area (Å²) < 4.78 is 31.1. The fourth-order valence-corrected chi connectivity index (χ4v) is 3.70. The van der Waals surface area contributed by atoms with Gasteiger partial charge in [0.25, 0.3) is 0 Å². The zero-order valence-electron chi connectivity index (χ0n) is 15.0. The van der Waals surface area contributed by atoms with Gasteiger partial charge in [-0.05, 0) is 47.6 Å². The molecule has 0 radical (unpaired) electrons. The van der Waals surface area contributed by atoms with E-state index in [2.05, 4.69) is 10.3 Å². The molecule has 0 spiro atoms. The number of anilines is 2. The maximum absolute atomic E-state index is 12.7. The van der Waals surface area contributed by atoms with Gasteiger partial charge in [-0.1, -0.05) is 0 Å². The zero-order chi connectivity index (χ0) is 18.3. The van der Waals surface area contributed by atoms with Gasteiger partial charge >= 0.3 is 6.09 Å². The number of carbonyl (C=O) groups is 1. The van der Waals surface area contributed by atoms with E-state index in [-0.39, 0.29) is 0 Å². The molecule has 1 aromatic rings. The van der Waals surface area contributed by atoms with Crippen LogP contribution in [-0.2, 0) is 21.2 Å². The number of ether oxygens (including phenoxy) is 1. The summed E-state index contributed by atoms with van der Waals surface area (Å²) in [5.41, 5.74) is 1.01. The Balaban J connectivity index is 2.28. The van der Waals surface area contributed by atoms with E-state index >= 15 is 0 Å². The quantitative estimate of drug-likeness (QED) is 0.881. The number of rotatable bonds is 2. The smallest absolute Gasteiger partial charge is 0.412 e. The van der Waals surface area contributed by atoms with Crippen molar-refractivity contribution < 1.29 is 17.9 Å². The number of hydrogen-bond donors (Lipinski definition) is 1. The summed E-state index contributed by atoms with van der Waals surface area (Å²) in [6.07, 6.45) is 1.46. The summed E-state index contributed by atoms with van der Waals surface area (Å²) in [5.74, 6) is 0. The highest BCUT2D eigenvalue weighted by Gasteiger charge is 2.39. The lowest BCUT2D eigenvalue weighted by molar-refractivity contribution is 0.0636. The fraction of sp³-hybridized carbons (Fsp3) is 0.625. The molecule has 134 valence electrons. The lowest BCUT2D eigenvalue weighted by Crippen LogP contribution is -2.42. The second kappa shape index (κ2) is 5.91. The Hall–Kier alpha value is -1.83. The number of carbonyl (C=O) groups excluding carboxylic acids is 1. The maximum atomic E-state index is 12.7. The lowest BCUT2D eigenvalue weighted by Gasteiger charge is -2.28. The van der Waals surface area contributed by atoms with Gasteiger partial charge in [0.05, 0.1) is 28.0 Å². The van der Waals surface area contributed by atoms with E-state index in [0.29, 0.717) is 30.0 Å². The minimum Gasteiger partial charge on any atom is -0.444 e. The van der Waals surface area contributed by atoms with Crippen LogP contribution in [-0.4, -0.2) is 36.4 Å². The van der Waals surface area contributed by atoms with Gasteiger partial charge in [-0.3, -0.25) is 14.6 Å². The van der Waals surface area contributed by atoms with Crippen LogP contribution in [0, 0.1) is 0 Å². The summed E-state index contributed by atoms with van der Waals surface area (Å²) in [7, 11) is -3.51. The summed E-state index contributed by atoms with van der Waals surface area (Å²) >= 11 is 0. The second-order valence-electron chi connectivity index (χ2n) is 7.76. The largest absolute Gasteiger partial charge is 0.444 e. The number of aromatic nitrogens is 1. The van der Waals surface area contributed by atoms with Crippen LogP contribution < -0.4 is 9.62 Å². The van der Waals surface area contributed by atoms with E-state index in [0.717, 1.165) is 0 Å². The van der Waals surface area contributed by atoms with E-state index in [9.17, 15) is 13.2 Å². The Bertz CT molecular complexity index is 746. The van der Waals surface area contributed by atoms with Crippen LogP contribution in [0.2, 0.25) is 0 Å². The van der Waals surface area contributed by atoms with Crippen LogP contribution in [0.25, 0.3) is 0 Å². The molecule has 0 saturated carbocycles. The van der Waals surface area contributed by atoms with Gasteiger partial charge < -0.3 is 4.74 Å². The first kappa shape index (κ1) is 18.5. The average Bonchev–Trinajstić information content (AvgIpc) is 2.78. The van der Waals surface area contributed by atoms with Crippen LogP contribution in [0.15, 0.2) is 12.3 Å². The van der Waals surface area contributed by atoms with E-state index in [4.69, 9.17) is 4.74 Å². The van der Waals surface area contributed by atoms with Crippen molar-refractivity contribution in [1.82, 2.24) is 4.98 Å². The molecular formula is C16H25N3O4S. The monoisotopic (exact) mass is 355 g/mol. The highest BCUT2D eigenvalue weighted by Crippen LogP contribution is 2.35. The molecule has 0 fully saturated rings. The number of fused-ring (bicyclic) bond motifs is 1. The van der Waals surface area contributed by atoms with Gasteiger partial charge in [0, 0.05) is 13.0 Å². The molecule has 0 aliphatic carbocycles. The normalized spacial score (nSPS) is 15.2. The van der Waals surface area contributed by atoms with Crippen molar-refractivity contribution in [2.75, 3.05) is 16.2 Å². The number of hydrogen-bond acceptors (Lipinski definition) is 5. The van der Waals surface area contributed by atoms with Gasteiger partial charge in [-0.25, -0.2) is 13.2 Å². The van der Waals surface area contributed by atoms with Crippen molar-refractivity contribution in [2.24, 2.45) is 0 Å². The SMILES string of the molecule is CC(C)(C)OC(=O)Nc1cnc2c(c1)N(S(=O)(=O)C(C)(C)C)CC2. The molecule has 1 N–H and O–H groups in total. The molecule has 2 rings (SSSR count). The van der Waals surface area contributed by atoms with Gasteiger partial charge in [0.2, 0.25) is 10.0 Å². The second-order valence-corrected chi connectivity index (χ2v) is 10.4. The highest BCUT2D eigenvalue weighted by atomic mass is 32.2. The standard InChI is InChI=1S/C16H25N3O4S/c1-15(2,3)23-14(20)18-11-9-13-12(17-10-11)7-8-19(13)24(21,22)16(4,5)6/h9-10H,7-8H2,1-6H3,(H,18,20). The van der Waals surface area contributed by atoms with Crippen LogP contribution in [0.1, 0.15) is 47.2 Å². The molecule has 0 aromatic carbocycles. The predicted molar refractivity (Wildman–Crippen MR) is 93.8 cm³/mol. The van der Waals surface area contributed by atoms with E-state index in [1.54, 1.807) is 47.6 Å². The summed E-state index contributed by atoms with van der Waals surface area (Å²) in [4.78, 5) is 16.2. The van der Waals surface area contributed by atoms with Crippen molar-refractivity contribution >= 4 is 27.5 Å². The molecule has 1 aliphatic heterocycles. The van der Waals surface area contributed by atoms with Crippen molar-refractivity contribution in [2.45, 2.75) is 58.3 Å². The molecule has 1 amide bonds. The Morgan fingerprint density at radius 1 is 1.25 bits per heavy atom. The topological polar surface area (TPSA) is 88.6 Å². The number of amides is 1. The minimum absolute atomic E-state index is 0.359. The maximum Gasteiger partial charge on any atom is 0.412 e. The van der Waals surface area contributed by atoms with Gasteiger partial charge in [0.15, 0.2) is 0 Å².